The molecule has 1 aliphatic heterocycles. The molecule has 1 fully saturated rings. The van der Waals surface area contributed by atoms with Gasteiger partial charge in [-0.05, 0) is 42.1 Å². The monoisotopic (exact) mass is 373 g/mol. The Morgan fingerprint density at radius 3 is 2.76 bits per heavy atom. The van der Waals surface area contributed by atoms with Crippen LogP contribution in [-0.2, 0) is 11.2 Å². The van der Waals surface area contributed by atoms with Crippen LogP contribution in [0.5, 0.6) is 0 Å². The Balaban J connectivity index is 2.27. The van der Waals surface area contributed by atoms with E-state index in [1.165, 1.54) is 0 Å². The molecule has 0 radical (unpaired) electrons. The number of nitrogens with zero attached hydrogens (tertiary/aromatic N) is 2. The third-order valence-corrected chi connectivity index (χ3v) is 5.11. The summed E-state index contributed by atoms with van der Waals surface area (Å²) in [5, 5.41) is 0. The molecule has 4 nitrogen and oxygen atoms in total. The Bertz CT molecular complexity index is 544. The first-order valence-corrected chi connectivity index (χ1v) is 8.72. The van der Waals surface area contributed by atoms with E-state index in [0.717, 1.165) is 42.1 Å². The lowest BCUT2D eigenvalue weighted by Crippen LogP contribution is -2.42. The van der Waals surface area contributed by atoms with Gasteiger partial charge in [-0.1, -0.05) is 26.1 Å². The van der Waals surface area contributed by atoms with Crippen molar-refractivity contribution < 1.29 is 4.74 Å². The molecule has 1 saturated heterocycles. The maximum absolute atomic E-state index is 5.90. The van der Waals surface area contributed by atoms with Gasteiger partial charge < -0.3 is 9.72 Å². The van der Waals surface area contributed by atoms with Crippen LogP contribution in [0.4, 0.5) is 0 Å². The van der Waals surface area contributed by atoms with Crippen LogP contribution < -0.4 is 0 Å². The molecule has 2 heterocycles. The second-order valence-electron chi connectivity index (χ2n) is 6.27. The molecule has 0 aliphatic carbocycles. The van der Waals surface area contributed by atoms with Crippen LogP contribution in [0.15, 0.2) is 4.47 Å². The SMILES string of the molecule is CC(C)Cc1[nH]c(C2CN(C(C)C)CCO2)nc(=S)c1Br. The molecule has 1 N–H and O–H groups in total. The first-order chi connectivity index (χ1) is 9.88. The fraction of sp³-hybridized carbons (Fsp3) is 0.733. The number of H-pyrrole nitrogens is 1. The van der Waals surface area contributed by atoms with E-state index in [1.54, 1.807) is 0 Å². The van der Waals surface area contributed by atoms with Crippen molar-refractivity contribution in [3.63, 3.8) is 0 Å². The van der Waals surface area contributed by atoms with Gasteiger partial charge in [0.25, 0.3) is 0 Å². The van der Waals surface area contributed by atoms with Crippen molar-refractivity contribution in [1.29, 1.82) is 0 Å². The Morgan fingerprint density at radius 2 is 2.14 bits per heavy atom. The van der Waals surface area contributed by atoms with E-state index in [9.17, 15) is 0 Å². The summed E-state index contributed by atoms with van der Waals surface area (Å²) in [7, 11) is 0. The first kappa shape index (κ1) is 17.1. The van der Waals surface area contributed by atoms with Gasteiger partial charge >= 0.3 is 0 Å². The molecular formula is C15H24BrN3OS. The lowest BCUT2D eigenvalue weighted by atomic mass is 10.1. The minimum atomic E-state index is -0.0261. The summed E-state index contributed by atoms with van der Waals surface area (Å²) >= 11 is 8.94. The van der Waals surface area contributed by atoms with Gasteiger partial charge in [-0.15, -0.1) is 0 Å². The fourth-order valence-electron chi connectivity index (χ4n) is 2.53. The predicted octanol–water partition coefficient (Wildman–Crippen LogP) is 3.88. The number of aromatic nitrogens is 2. The number of rotatable bonds is 4. The molecule has 1 unspecified atom stereocenters. The van der Waals surface area contributed by atoms with Gasteiger partial charge in [-0.25, -0.2) is 4.98 Å². The molecule has 21 heavy (non-hydrogen) atoms. The molecule has 1 atom stereocenters. The zero-order valence-corrected chi connectivity index (χ0v) is 15.6. The van der Waals surface area contributed by atoms with E-state index in [-0.39, 0.29) is 6.10 Å². The second kappa shape index (κ2) is 7.31. The van der Waals surface area contributed by atoms with Gasteiger partial charge in [0.2, 0.25) is 0 Å². The van der Waals surface area contributed by atoms with Gasteiger partial charge in [0.05, 0.1) is 11.1 Å². The summed E-state index contributed by atoms with van der Waals surface area (Å²) in [5.74, 6) is 1.41. The van der Waals surface area contributed by atoms with Crippen molar-refractivity contribution >= 4 is 28.1 Å². The Hall–Kier alpha value is -0.300. The maximum atomic E-state index is 5.90. The van der Waals surface area contributed by atoms with E-state index < -0.39 is 0 Å². The molecule has 0 saturated carbocycles. The Kier molecular flexibility index (Phi) is 5.94. The summed E-state index contributed by atoms with van der Waals surface area (Å²) in [6, 6.07) is 0.518. The maximum Gasteiger partial charge on any atom is 0.144 e. The average Bonchev–Trinajstić information content (AvgIpc) is 2.43. The van der Waals surface area contributed by atoms with E-state index in [2.05, 4.69) is 58.5 Å². The lowest BCUT2D eigenvalue weighted by molar-refractivity contribution is -0.0444. The smallest absolute Gasteiger partial charge is 0.144 e. The Labute approximate surface area is 140 Å². The van der Waals surface area contributed by atoms with Crippen molar-refractivity contribution in [2.24, 2.45) is 5.92 Å². The van der Waals surface area contributed by atoms with Gasteiger partial charge in [-0.2, -0.15) is 0 Å². The van der Waals surface area contributed by atoms with E-state index in [4.69, 9.17) is 17.0 Å². The molecule has 6 heteroatoms. The van der Waals surface area contributed by atoms with Gasteiger partial charge in [0.1, 0.15) is 16.6 Å². The number of hydrogen-bond acceptors (Lipinski definition) is 4. The molecule has 118 valence electrons. The second-order valence-corrected chi connectivity index (χ2v) is 7.45. The summed E-state index contributed by atoms with van der Waals surface area (Å²) in [6.07, 6.45) is 0.919. The molecule has 0 aromatic carbocycles. The van der Waals surface area contributed by atoms with Gasteiger partial charge in [0.15, 0.2) is 0 Å². The van der Waals surface area contributed by atoms with Crippen molar-refractivity contribution in [3.8, 4) is 0 Å². The van der Waals surface area contributed by atoms with Gasteiger partial charge in [0, 0.05) is 24.8 Å². The van der Waals surface area contributed by atoms with Crippen molar-refractivity contribution in [2.75, 3.05) is 19.7 Å². The zero-order valence-electron chi connectivity index (χ0n) is 13.1. The summed E-state index contributed by atoms with van der Waals surface area (Å²) in [6.45, 7) is 11.4. The van der Waals surface area contributed by atoms with Crippen LogP contribution in [0.2, 0.25) is 0 Å². The number of morpholine rings is 1. The van der Waals surface area contributed by atoms with E-state index in [0.29, 0.717) is 16.6 Å². The molecule has 0 amide bonds. The average molecular weight is 374 g/mol. The summed E-state index contributed by atoms with van der Waals surface area (Å²) in [4.78, 5) is 10.4. The largest absolute Gasteiger partial charge is 0.368 e. The highest BCUT2D eigenvalue weighted by molar-refractivity contribution is 9.10. The number of nitrogens with one attached hydrogen (secondary N) is 1. The topological polar surface area (TPSA) is 41.2 Å². The predicted molar refractivity (Wildman–Crippen MR) is 91.1 cm³/mol. The quantitative estimate of drug-likeness (QED) is 0.812. The minimum absolute atomic E-state index is 0.0261. The van der Waals surface area contributed by atoms with Crippen molar-refractivity contribution in [2.45, 2.75) is 46.3 Å². The van der Waals surface area contributed by atoms with E-state index in [1.807, 2.05) is 0 Å². The third-order valence-electron chi connectivity index (χ3n) is 3.70. The molecule has 2 rings (SSSR count). The van der Waals surface area contributed by atoms with Crippen LogP contribution in [0.1, 0.15) is 45.3 Å². The number of hydrogen-bond donors (Lipinski definition) is 1. The van der Waals surface area contributed by atoms with Crippen LogP contribution in [0, 0.1) is 10.6 Å². The first-order valence-electron chi connectivity index (χ1n) is 7.52. The number of ether oxygens (including phenoxy) is 1. The van der Waals surface area contributed by atoms with Crippen molar-refractivity contribution in [1.82, 2.24) is 14.9 Å². The molecule has 1 aromatic heterocycles. The van der Waals surface area contributed by atoms with Crippen LogP contribution in [0.3, 0.4) is 0 Å². The third kappa shape index (κ3) is 4.34. The fourth-order valence-corrected chi connectivity index (χ4v) is 3.10. The molecule has 0 bridgehead atoms. The van der Waals surface area contributed by atoms with Crippen LogP contribution >= 0.6 is 28.1 Å². The normalized spacial score (nSPS) is 20.4. The van der Waals surface area contributed by atoms with Crippen molar-refractivity contribution in [3.05, 3.63) is 20.6 Å². The highest BCUT2D eigenvalue weighted by Crippen LogP contribution is 2.25. The molecular weight excluding hydrogens is 350 g/mol. The zero-order chi connectivity index (χ0) is 15.6. The molecule has 1 aromatic rings. The molecule has 0 spiro atoms. The van der Waals surface area contributed by atoms with Crippen LogP contribution in [-0.4, -0.2) is 40.6 Å². The minimum Gasteiger partial charge on any atom is -0.368 e. The van der Waals surface area contributed by atoms with Gasteiger partial charge in [-0.3, -0.25) is 4.90 Å². The summed E-state index contributed by atoms with van der Waals surface area (Å²) in [5.41, 5.74) is 1.12. The highest BCUT2D eigenvalue weighted by Gasteiger charge is 2.26. The lowest BCUT2D eigenvalue weighted by Gasteiger charge is -2.35. The summed E-state index contributed by atoms with van der Waals surface area (Å²) < 4.78 is 7.43. The number of halogens is 1. The van der Waals surface area contributed by atoms with E-state index >= 15 is 0 Å². The highest BCUT2D eigenvalue weighted by atomic mass is 79.9. The number of aromatic amines is 1. The molecule has 1 aliphatic rings. The Morgan fingerprint density at radius 1 is 1.43 bits per heavy atom. The van der Waals surface area contributed by atoms with Crippen LogP contribution in [0.25, 0.3) is 0 Å². The standard InChI is InChI=1S/C15H24BrN3OS/c1-9(2)7-11-13(16)15(21)18-14(17-11)12-8-19(10(3)4)5-6-20-12/h9-10,12H,5-8H2,1-4H3,(H,17,18,21).